The van der Waals surface area contributed by atoms with Crippen LogP contribution < -0.4 is 22.3 Å². The lowest BCUT2D eigenvalue weighted by Crippen LogP contribution is -2.32. The monoisotopic (exact) mass is 274 g/mol. The Hall–Kier alpha value is -2.50. The van der Waals surface area contributed by atoms with Gasteiger partial charge in [-0.1, -0.05) is 29.8 Å². The minimum atomic E-state index is -0.527. The minimum absolute atomic E-state index is 0.100. The summed E-state index contributed by atoms with van der Waals surface area (Å²) in [5.41, 5.74) is 7.19. The molecule has 20 heavy (non-hydrogen) atoms. The van der Waals surface area contributed by atoms with Crippen molar-refractivity contribution in [2.24, 2.45) is 7.05 Å². The third kappa shape index (κ3) is 2.59. The maximum absolute atomic E-state index is 11.8. The van der Waals surface area contributed by atoms with Crippen LogP contribution in [0.25, 0.3) is 0 Å². The molecule has 0 radical (unpaired) electrons. The van der Waals surface area contributed by atoms with Crippen LogP contribution >= 0.6 is 0 Å². The van der Waals surface area contributed by atoms with E-state index in [1.807, 2.05) is 38.1 Å². The standard InChI is InChI=1S/C14H18N4O2/c1-8-4-6-10(7-5-8)9(2)16-11-12(15)18(3)14(20)17-13(11)19/h4-7,9,16H,15H2,1-3H3,(H,17,19,20). The minimum Gasteiger partial charge on any atom is -0.383 e. The smallest absolute Gasteiger partial charge is 0.329 e. The van der Waals surface area contributed by atoms with Gasteiger partial charge in [0.05, 0.1) is 0 Å². The van der Waals surface area contributed by atoms with Crippen molar-refractivity contribution in [2.75, 3.05) is 11.1 Å². The van der Waals surface area contributed by atoms with Gasteiger partial charge >= 0.3 is 5.69 Å². The van der Waals surface area contributed by atoms with Crippen molar-refractivity contribution in [1.29, 1.82) is 0 Å². The Morgan fingerprint density at radius 1 is 1.25 bits per heavy atom. The van der Waals surface area contributed by atoms with E-state index >= 15 is 0 Å². The van der Waals surface area contributed by atoms with Gasteiger partial charge in [0.2, 0.25) is 0 Å². The highest BCUT2D eigenvalue weighted by Gasteiger charge is 2.13. The van der Waals surface area contributed by atoms with Crippen molar-refractivity contribution in [3.05, 3.63) is 56.2 Å². The summed E-state index contributed by atoms with van der Waals surface area (Å²) in [5, 5.41) is 3.05. The van der Waals surface area contributed by atoms with Crippen LogP contribution in [0.5, 0.6) is 0 Å². The predicted molar refractivity (Wildman–Crippen MR) is 79.9 cm³/mol. The number of rotatable bonds is 3. The molecule has 2 aromatic rings. The maximum Gasteiger partial charge on any atom is 0.329 e. The van der Waals surface area contributed by atoms with Gasteiger partial charge in [-0.15, -0.1) is 0 Å². The Balaban J connectivity index is 2.35. The second-order valence-corrected chi connectivity index (χ2v) is 4.86. The number of hydrogen-bond donors (Lipinski definition) is 3. The molecule has 0 aliphatic rings. The number of nitrogens with one attached hydrogen (secondary N) is 2. The van der Waals surface area contributed by atoms with Gasteiger partial charge in [0.15, 0.2) is 0 Å². The highest BCUT2D eigenvalue weighted by atomic mass is 16.2. The van der Waals surface area contributed by atoms with Crippen LogP contribution in [0, 0.1) is 6.92 Å². The van der Waals surface area contributed by atoms with Crippen LogP contribution in [0.1, 0.15) is 24.1 Å². The molecule has 0 aliphatic carbocycles. The van der Waals surface area contributed by atoms with Gasteiger partial charge in [-0.3, -0.25) is 14.3 Å². The maximum atomic E-state index is 11.8. The zero-order valence-electron chi connectivity index (χ0n) is 11.7. The van der Waals surface area contributed by atoms with Gasteiger partial charge in [0, 0.05) is 13.1 Å². The van der Waals surface area contributed by atoms with Crippen molar-refractivity contribution < 1.29 is 0 Å². The van der Waals surface area contributed by atoms with E-state index in [2.05, 4.69) is 10.3 Å². The van der Waals surface area contributed by atoms with Crippen LogP contribution in [0.4, 0.5) is 11.5 Å². The van der Waals surface area contributed by atoms with Crippen molar-refractivity contribution >= 4 is 11.5 Å². The van der Waals surface area contributed by atoms with Crippen LogP contribution in [0.2, 0.25) is 0 Å². The largest absolute Gasteiger partial charge is 0.383 e. The zero-order valence-corrected chi connectivity index (χ0v) is 11.7. The Labute approximate surface area is 116 Å². The van der Waals surface area contributed by atoms with Gasteiger partial charge in [-0.2, -0.15) is 0 Å². The van der Waals surface area contributed by atoms with Gasteiger partial charge in [0.25, 0.3) is 5.56 Å². The fraction of sp³-hybridized carbons (Fsp3) is 0.286. The number of aromatic nitrogens is 2. The summed E-state index contributed by atoms with van der Waals surface area (Å²) in [6, 6.07) is 7.87. The molecule has 4 N–H and O–H groups in total. The summed E-state index contributed by atoms with van der Waals surface area (Å²) in [4.78, 5) is 25.5. The Bertz CT molecular complexity index is 728. The summed E-state index contributed by atoms with van der Waals surface area (Å²) >= 11 is 0. The molecular weight excluding hydrogens is 256 g/mol. The number of aryl methyl sites for hydroxylation is 1. The number of nitrogens with two attached hydrogens (primary N) is 1. The quantitative estimate of drug-likeness (QED) is 0.782. The molecule has 6 nitrogen and oxygen atoms in total. The number of benzene rings is 1. The van der Waals surface area contributed by atoms with E-state index in [4.69, 9.17) is 5.73 Å². The van der Waals surface area contributed by atoms with Crippen molar-refractivity contribution in [3.8, 4) is 0 Å². The Morgan fingerprint density at radius 3 is 2.45 bits per heavy atom. The van der Waals surface area contributed by atoms with Crippen molar-refractivity contribution in [3.63, 3.8) is 0 Å². The summed E-state index contributed by atoms with van der Waals surface area (Å²) in [6.45, 7) is 3.94. The molecule has 0 spiro atoms. The summed E-state index contributed by atoms with van der Waals surface area (Å²) < 4.78 is 1.20. The molecule has 1 unspecified atom stereocenters. The molecule has 0 amide bonds. The van der Waals surface area contributed by atoms with E-state index in [9.17, 15) is 9.59 Å². The van der Waals surface area contributed by atoms with E-state index in [1.54, 1.807) is 0 Å². The van der Waals surface area contributed by atoms with Crippen LogP contribution in [-0.4, -0.2) is 9.55 Å². The lowest BCUT2D eigenvalue weighted by atomic mass is 10.1. The molecule has 0 saturated carbocycles. The first kappa shape index (κ1) is 13.9. The molecule has 0 saturated heterocycles. The SMILES string of the molecule is Cc1ccc(C(C)Nc2c(N)n(C)c(=O)[nH]c2=O)cc1. The van der Waals surface area contributed by atoms with Crippen LogP contribution in [0.3, 0.4) is 0 Å². The molecule has 1 atom stereocenters. The first-order valence-electron chi connectivity index (χ1n) is 6.32. The highest BCUT2D eigenvalue weighted by molar-refractivity contribution is 5.61. The number of nitrogen functional groups attached to an aromatic ring is 1. The predicted octanol–water partition coefficient (Wildman–Crippen LogP) is 1.14. The van der Waals surface area contributed by atoms with E-state index in [-0.39, 0.29) is 17.5 Å². The number of aromatic amines is 1. The average molecular weight is 274 g/mol. The second-order valence-electron chi connectivity index (χ2n) is 4.86. The van der Waals surface area contributed by atoms with Gasteiger partial charge in [-0.25, -0.2) is 4.79 Å². The third-order valence-electron chi connectivity index (χ3n) is 3.31. The lowest BCUT2D eigenvalue weighted by Gasteiger charge is -2.17. The fourth-order valence-corrected chi connectivity index (χ4v) is 1.93. The van der Waals surface area contributed by atoms with Crippen molar-refractivity contribution in [1.82, 2.24) is 9.55 Å². The van der Waals surface area contributed by atoms with Gasteiger partial charge in [0.1, 0.15) is 11.5 Å². The molecule has 0 bridgehead atoms. The number of hydrogen-bond acceptors (Lipinski definition) is 4. The molecule has 1 heterocycles. The van der Waals surface area contributed by atoms with Gasteiger partial charge < -0.3 is 11.1 Å². The summed E-state index contributed by atoms with van der Waals surface area (Å²) in [5.74, 6) is 0.123. The summed E-state index contributed by atoms with van der Waals surface area (Å²) in [7, 11) is 1.51. The average Bonchev–Trinajstić information content (AvgIpc) is 2.42. The van der Waals surface area contributed by atoms with E-state index in [1.165, 1.54) is 17.2 Å². The first-order valence-corrected chi connectivity index (χ1v) is 6.32. The molecule has 1 aromatic carbocycles. The molecule has 0 aliphatic heterocycles. The topological polar surface area (TPSA) is 92.9 Å². The van der Waals surface area contributed by atoms with E-state index in [0.29, 0.717) is 0 Å². The zero-order chi connectivity index (χ0) is 14.9. The second kappa shape index (κ2) is 5.24. The molecular formula is C14H18N4O2. The molecule has 2 rings (SSSR count). The fourth-order valence-electron chi connectivity index (χ4n) is 1.93. The Morgan fingerprint density at radius 2 is 1.85 bits per heavy atom. The normalized spacial score (nSPS) is 12.2. The van der Waals surface area contributed by atoms with Crippen LogP contribution in [-0.2, 0) is 7.05 Å². The first-order chi connectivity index (χ1) is 9.40. The number of nitrogens with zero attached hydrogens (tertiary/aromatic N) is 1. The molecule has 0 fully saturated rings. The summed E-state index contributed by atoms with van der Waals surface area (Å²) in [6.07, 6.45) is 0. The number of anilines is 2. The highest BCUT2D eigenvalue weighted by Crippen LogP contribution is 2.20. The lowest BCUT2D eigenvalue weighted by molar-refractivity contribution is 0.801. The Kier molecular flexibility index (Phi) is 3.65. The van der Waals surface area contributed by atoms with E-state index in [0.717, 1.165) is 5.56 Å². The number of H-pyrrole nitrogens is 1. The molecule has 106 valence electrons. The molecule has 6 heteroatoms. The van der Waals surface area contributed by atoms with Crippen LogP contribution in [0.15, 0.2) is 33.9 Å². The molecule has 1 aromatic heterocycles. The van der Waals surface area contributed by atoms with E-state index < -0.39 is 11.2 Å². The van der Waals surface area contributed by atoms with Crippen molar-refractivity contribution in [2.45, 2.75) is 19.9 Å². The third-order valence-corrected chi connectivity index (χ3v) is 3.31. The van der Waals surface area contributed by atoms with Gasteiger partial charge in [-0.05, 0) is 19.4 Å².